The van der Waals surface area contributed by atoms with Crippen LogP contribution < -0.4 is 10.1 Å². The van der Waals surface area contributed by atoms with Crippen molar-refractivity contribution in [3.8, 4) is 16.2 Å². The van der Waals surface area contributed by atoms with Gasteiger partial charge in [0, 0.05) is 6.20 Å². The standard InChI is InChI=1S/C20H16F5N3O3S/c1-9(2)14-15(10-3-5-12(6-4-10)31-18(21)22)32-19(27-14)28-16-13(17(29)30)7-11(8-26-16)20(23,24)25/h3-9,18H,1-2H3,(H,29,30)(H,26,27,28). The zero-order valence-electron chi connectivity index (χ0n) is 16.6. The summed E-state index contributed by atoms with van der Waals surface area (Å²) >= 11 is 1.12. The van der Waals surface area contributed by atoms with Gasteiger partial charge in [-0.2, -0.15) is 22.0 Å². The van der Waals surface area contributed by atoms with Gasteiger partial charge in [0.05, 0.1) is 16.1 Å². The molecule has 0 aliphatic carbocycles. The number of aromatic nitrogens is 2. The molecule has 0 spiro atoms. The molecular formula is C20H16F5N3O3S. The fourth-order valence-corrected chi connectivity index (χ4v) is 3.88. The highest BCUT2D eigenvalue weighted by molar-refractivity contribution is 7.19. The Hall–Kier alpha value is -3.28. The average Bonchev–Trinajstić information content (AvgIpc) is 3.11. The van der Waals surface area contributed by atoms with Gasteiger partial charge in [0.25, 0.3) is 0 Å². The van der Waals surface area contributed by atoms with Crippen LogP contribution in [-0.4, -0.2) is 27.7 Å². The molecule has 0 radical (unpaired) electrons. The van der Waals surface area contributed by atoms with Crippen molar-refractivity contribution in [3.05, 3.63) is 53.3 Å². The maximum Gasteiger partial charge on any atom is 0.417 e. The molecule has 2 heterocycles. The van der Waals surface area contributed by atoms with Crippen molar-refractivity contribution < 1.29 is 36.6 Å². The molecule has 0 atom stereocenters. The van der Waals surface area contributed by atoms with E-state index >= 15 is 0 Å². The lowest BCUT2D eigenvalue weighted by atomic mass is 10.1. The minimum absolute atomic E-state index is 0.0160. The van der Waals surface area contributed by atoms with E-state index in [-0.39, 0.29) is 22.6 Å². The lowest BCUT2D eigenvalue weighted by Gasteiger charge is -2.10. The van der Waals surface area contributed by atoms with Crippen molar-refractivity contribution in [2.45, 2.75) is 32.6 Å². The van der Waals surface area contributed by atoms with Gasteiger partial charge in [-0.05, 0) is 41.8 Å². The molecule has 2 N–H and O–H groups in total. The maximum atomic E-state index is 12.9. The predicted octanol–water partition coefficient (Wildman–Crippen LogP) is 6.39. The van der Waals surface area contributed by atoms with Crippen LogP contribution in [0.15, 0.2) is 36.5 Å². The molecule has 3 aromatic rings. The van der Waals surface area contributed by atoms with Crippen molar-refractivity contribution in [1.82, 2.24) is 9.97 Å². The summed E-state index contributed by atoms with van der Waals surface area (Å²) in [6, 6.07) is 6.38. The Kier molecular flexibility index (Phi) is 6.63. The molecule has 6 nitrogen and oxygen atoms in total. The lowest BCUT2D eigenvalue weighted by molar-refractivity contribution is -0.137. The molecule has 0 unspecified atom stereocenters. The summed E-state index contributed by atoms with van der Waals surface area (Å²) in [4.78, 5) is 20.2. The number of alkyl halides is 5. The number of anilines is 2. The average molecular weight is 473 g/mol. The molecule has 0 aliphatic heterocycles. The fraction of sp³-hybridized carbons (Fsp3) is 0.250. The Morgan fingerprint density at radius 1 is 1.19 bits per heavy atom. The van der Waals surface area contributed by atoms with Crippen LogP contribution in [0.2, 0.25) is 0 Å². The van der Waals surface area contributed by atoms with E-state index in [0.717, 1.165) is 11.3 Å². The molecule has 0 saturated carbocycles. The highest BCUT2D eigenvalue weighted by atomic mass is 32.1. The topological polar surface area (TPSA) is 84.3 Å². The van der Waals surface area contributed by atoms with Gasteiger partial charge in [-0.1, -0.05) is 25.2 Å². The summed E-state index contributed by atoms with van der Waals surface area (Å²) < 4.78 is 67.8. The minimum atomic E-state index is -4.74. The molecule has 1 aromatic carbocycles. The number of nitrogens with one attached hydrogen (secondary N) is 1. The highest BCUT2D eigenvalue weighted by Gasteiger charge is 2.32. The predicted molar refractivity (Wildman–Crippen MR) is 108 cm³/mol. The van der Waals surface area contributed by atoms with E-state index in [1.165, 1.54) is 12.1 Å². The highest BCUT2D eigenvalue weighted by Crippen LogP contribution is 2.39. The molecule has 0 bridgehead atoms. The van der Waals surface area contributed by atoms with E-state index in [0.29, 0.717) is 28.4 Å². The maximum absolute atomic E-state index is 12.9. The van der Waals surface area contributed by atoms with Gasteiger partial charge in [0.1, 0.15) is 17.1 Å². The molecule has 0 amide bonds. The summed E-state index contributed by atoms with van der Waals surface area (Å²) in [5, 5.41) is 12.2. The van der Waals surface area contributed by atoms with Crippen LogP contribution in [0.3, 0.4) is 0 Å². The van der Waals surface area contributed by atoms with Crippen molar-refractivity contribution in [1.29, 1.82) is 0 Å². The molecule has 0 saturated heterocycles. The van der Waals surface area contributed by atoms with Gasteiger partial charge in [-0.3, -0.25) is 0 Å². The van der Waals surface area contributed by atoms with Crippen LogP contribution in [0, 0.1) is 0 Å². The molecule has 0 fully saturated rings. The lowest BCUT2D eigenvalue weighted by Crippen LogP contribution is -2.11. The van der Waals surface area contributed by atoms with E-state index in [2.05, 4.69) is 20.0 Å². The van der Waals surface area contributed by atoms with Crippen molar-refractivity contribution in [2.24, 2.45) is 0 Å². The molecule has 3 rings (SSSR count). The van der Waals surface area contributed by atoms with Crippen molar-refractivity contribution in [3.63, 3.8) is 0 Å². The summed E-state index contributed by atoms with van der Waals surface area (Å²) in [7, 11) is 0. The Labute approximate surface area is 182 Å². The second kappa shape index (κ2) is 9.07. The van der Waals surface area contributed by atoms with Crippen molar-refractivity contribution >= 4 is 28.3 Å². The van der Waals surface area contributed by atoms with Gasteiger partial charge in [0.15, 0.2) is 5.13 Å². The smallest absolute Gasteiger partial charge is 0.417 e. The minimum Gasteiger partial charge on any atom is -0.478 e. The van der Waals surface area contributed by atoms with Gasteiger partial charge in [-0.15, -0.1) is 0 Å². The zero-order valence-corrected chi connectivity index (χ0v) is 17.4. The van der Waals surface area contributed by atoms with Gasteiger partial charge < -0.3 is 15.2 Å². The fourth-order valence-electron chi connectivity index (χ4n) is 2.75. The number of rotatable bonds is 7. The third-order valence-electron chi connectivity index (χ3n) is 4.21. The second-order valence-electron chi connectivity index (χ2n) is 6.84. The summed E-state index contributed by atoms with van der Waals surface area (Å²) in [5.74, 6) is -1.95. The van der Waals surface area contributed by atoms with Crippen molar-refractivity contribution in [2.75, 3.05) is 5.32 Å². The quantitative estimate of drug-likeness (QED) is 0.387. The number of carbonyl (C=O) groups is 1. The normalized spacial score (nSPS) is 11.8. The first kappa shape index (κ1) is 23.4. The zero-order chi connectivity index (χ0) is 23.6. The number of thiazole rings is 1. The Morgan fingerprint density at radius 2 is 1.84 bits per heavy atom. The van der Waals surface area contributed by atoms with E-state index in [9.17, 15) is 31.9 Å². The van der Waals surface area contributed by atoms with Crippen LogP contribution in [0.5, 0.6) is 5.75 Å². The van der Waals surface area contributed by atoms with Crippen LogP contribution in [0.4, 0.5) is 32.9 Å². The Morgan fingerprint density at radius 3 is 2.38 bits per heavy atom. The number of nitrogens with zero attached hydrogens (tertiary/aromatic N) is 2. The van der Waals surface area contributed by atoms with Crippen LogP contribution in [0.1, 0.15) is 41.4 Å². The van der Waals surface area contributed by atoms with E-state index in [1.54, 1.807) is 12.1 Å². The van der Waals surface area contributed by atoms with Crippen LogP contribution in [-0.2, 0) is 6.18 Å². The number of carboxylic acids is 1. The molecule has 32 heavy (non-hydrogen) atoms. The summed E-state index contributed by atoms with van der Waals surface area (Å²) in [5.41, 5.74) is -0.561. The molecule has 12 heteroatoms. The first-order chi connectivity index (χ1) is 15.0. The van der Waals surface area contributed by atoms with E-state index < -0.39 is 29.9 Å². The number of halogens is 5. The number of aromatic carboxylic acids is 1. The van der Waals surface area contributed by atoms with Gasteiger partial charge in [0.2, 0.25) is 0 Å². The molecule has 2 aromatic heterocycles. The molecule has 0 aliphatic rings. The van der Waals surface area contributed by atoms with E-state index in [4.69, 9.17) is 0 Å². The third kappa shape index (κ3) is 5.31. The van der Waals surface area contributed by atoms with Gasteiger partial charge >= 0.3 is 18.8 Å². The summed E-state index contributed by atoms with van der Waals surface area (Å²) in [6.07, 6.45) is -4.20. The molecular weight excluding hydrogens is 457 g/mol. The number of carboxylic acid groups (broad SMARTS) is 1. The Bertz CT molecular complexity index is 1110. The molecule has 170 valence electrons. The number of ether oxygens (including phenoxy) is 1. The SMILES string of the molecule is CC(C)c1nc(Nc2ncc(C(F)(F)F)cc2C(=O)O)sc1-c1ccc(OC(F)F)cc1. The largest absolute Gasteiger partial charge is 0.478 e. The van der Waals surface area contributed by atoms with E-state index in [1.807, 2.05) is 13.8 Å². The van der Waals surface area contributed by atoms with Gasteiger partial charge in [-0.25, -0.2) is 14.8 Å². The number of hydrogen-bond donors (Lipinski definition) is 2. The van der Waals surface area contributed by atoms with Crippen LogP contribution in [0.25, 0.3) is 10.4 Å². The number of benzene rings is 1. The third-order valence-corrected chi connectivity index (χ3v) is 5.25. The second-order valence-corrected chi connectivity index (χ2v) is 7.84. The van der Waals surface area contributed by atoms with Crippen LogP contribution >= 0.6 is 11.3 Å². The number of pyridine rings is 1. The summed E-state index contributed by atoms with van der Waals surface area (Å²) in [6.45, 7) is 0.789. The first-order valence-electron chi connectivity index (χ1n) is 9.09. The monoisotopic (exact) mass is 473 g/mol. The number of hydrogen-bond acceptors (Lipinski definition) is 6. The Balaban J connectivity index is 1.96. The first-order valence-corrected chi connectivity index (χ1v) is 9.91.